The first-order chi connectivity index (χ1) is 14.1. The molecule has 3 rings (SSSR count). The van der Waals surface area contributed by atoms with Crippen LogP contribution in [0.15, 0.2) is 45.5 Å². The van der Waals surface area contributed by atoms with Gasteiger partial charge in [0, 0.05) is 30.5 Å². The van der Waals surface area contributed by atoms with Gasteiger partial charge in [-0.2, -0.15) is 11.3 Å². The van der Waals surface area contributed by atoms with Crippen LogP contribution in [0.5, 0.6) is 0 Å². The van der Waals surface area contributed by atoms with Crippen LogP contribution in [0.25, 0.3) is 11.5 Å². The summed E-state index contributed by atoms with van der Waals surface area (Å²) in [6.45, 7) is 3.02. The highest BCUT2D eigenvalue weighted by Crippen LogP contribution is 2.26. The number of halogens is 1. The first-order valence-electron chi connectivity index (χ1n) is 9.24. The smallest absolute Gasteiger partial charge is 0.252 e. The first-order valence-corrected chi connectivity index (χ1v) is 10.6. The van der Waals surface area contributed by atoms with E-state index in [1.165, 1.54) is 11.3 Å². The zero-order valence-electron chi connectivity index (χ0n) is 15.9. The summed E-state index contributed by atoms with van der Waals surface area (Å²) in [6, 6.07) is 8.95. The minimum Gasteiger partial charge on any atom is -0.419 e. The van der Waals surface area contributed by atoms with Crippen LogP contribution in [0.4, 0.5) is 0 Å². The molecule has 1 aromatic carbocycles. The van der Waals surface area contributed by atoms with Crippen LogP contribution in [-0.4, -0.2) is 40.0 Å². The highest BCUT2D eigenvalue weighted by atomic mass is 35.5. The van der Waals surface area contributed by atoms with Crippen LogP contribution in [0.2, 0.25) is 5.02 Å². The van der Waals surface area contributed by atoms with E-state index < -0.39 is 0 Å². The van der Waals surface area contributed by atoms with Crippen molar-refractivity contribution in [1.29, 1.82) is 0 Å². The fraction of sp³-hybridized carbons (Fsp3) is 0.300. The molecule has 2 aromatic heterocycles. The third-order valence-electron chi connectivity index (χ3n) is 4.15. The Morgan fingerprint density at radius 2 is 2.07 bits per heavy atom. The molecule has 152 valence electrons. The standard InChI is InChI=1S/C20H21ClN4O3S/c1-2-10-25(18(26)7-9-22-19(27)14-8-11-29-13-14)12-17-23-24-20(28-17)15-5-3-4-6-16(15)21/h3-6,8,11,13H,2,7,9-10,12H2,1H3,(H,22,27). The monoisotopic (exact) mass is 432 g/mol. The summed E-state index contributed by atoms with van der Waals surface area (Å²) in [7, 11) is 0. The zero-order chi connectivity index (χ0) is 20.6. The average Bonchev–Trinajstić information content (AvgIpc) is 3.40. The van der Waals surface area contributed by atoms with Crippen molar-refractivity contribution in [2.24, 2.45) is 0 Å². The fourth-order valence-corrected chi connectivity index (χ4v) is 3.58. The lowest BCUT2D eigenvalue weighted by Gasteiger charge is -2.20. The van der Waals surface area contributed by atoms with Gasteiger partial charge in [0.2, 0.25) is 17.7 Å². The molecule has 1 N–H and O–H groups in total. The number of aromatic nitrogens is 2. The number of carbonyl (C=O) groups excluding carboxylic acids is 2. The normalized spacial score (nSPS) is 10.7. The van der Waals surface area contributed by atoms with E-state index in [1.54, 1.807) is 28.5 Å². The van der Waals surface area contributed by atoms with Gasteiger partial charge in [-0.25, -0.2) is 0 Å². The van der Waals surface area contributed by atoms with Crippen molar-refractivity contribution in [3.63, 3.8) is 0 Å². The Hall–Kier alpha value is -2.71. The summed E-state index contributed by atoms with van der Waals surface area (Å²) in [6.07, 6.45) is 0.986. The number of nitrogens with one attached hydrogen (secondary N) is 1. The van der Waals surface area contributed by atoms with Crippen LogP contribution in [0.3, 0.4) is 0 Å². The Morgan fingerprint density at radius 3 is 2.79 bits per heavy atom. The molecule has 0 radical (unpaired) electrons. The van der Waals surface area contributed by atoms with Crippen LogP contribution in [0, 0.1) is 0 Å². The van der Waals surface area contributed by atoms with Crippen molar-refractivity contribution in [3.8, 4) is 11.5 Å². The molecule has 0 fully saturated rings. The predicted molar refractivity (Wildman–Crippen MR) is 112 cm³/mol. The van der Waals surface area contributed by atoms with E-state index >= 15 is 0 Å². The topological polar surface area (TPSA) is 88.3 Å². The predicted octanol–water partition coefficient (Wildman–Crippen LogP) is 4.01. The molecule has 2 amide bonds. The van der Waals surface area contributed by atoms with Gasteiger partial charge < -0.3 is 14.6 Å². The van der Waals surface area contributed by atoms with Crippen molar-refractivity contribution >= 4 is 34.8 Å². The third-order valence-corrected chi connectivity index (χ3v) is 5.16. The molecule has 0 unspecified atom stereocenters. The number of carbonyl (C=O) groups is 2. The summed E-state index contributed by atoms with van der Waals surface area (Å²) in [4.78, 5) is 26.2. The number of benzene rings is 1. The fourth-order valence-electron chi connectivity index (χ4n) is 2.72. The SMILES string of the molecule is CCCN(Cc1nnc(-c2ccccc2Cl)o1)C(=O)CCNC(=O)c1ccsc1. The summed E-state index contributed by atoms with van der Waals surface area (Å²) < 4.78 is 5.70. The molecule has 9 heteroatoms. The molecule has 2 heterocycles. The zero-order valence-corrected chi connectivity index (χ0v) is 17.5. The molecule has 0 saturated carbocycles. The second kappa shape index (κ2) is 10.2. The highest BCUT2D eigenvalue weighted by molar-refractivity contribution is 7.08. The highest BCUT2D eigenvalue weighted by Gasteiger charge is 2.18. The molecular weight excluding hydrogens is 412 g/mol. The molecule has 29 heavy (non-hydrogen) atoms. The molecular formula is C20H21ClN4O3S. The van der Waals surface area contributed by atoms with E-state index in [9.17, 15) is 9.59 Å². The molecule has 0 bridgehead atoms. The van der Waals surface area contributed by atoms with Crippen molar-refractivity contribution < 1.29 is 14.0 Å². The van der Waals surface area contributed by atoms with E-state index in [-0.39, 0.29) is 31.3 Å². The van der Waals surface area contributed by atoms with Gasteiger partial charge in [-0.3, -0.25) is 9.59 Å². The summed E-state index contributed by atoms with van der Waals surface area (Å²) in [5.74, 6) is 0.388. The Bertz CT molecular complexity index is 958. The largest absolute Gasteiger partial charge is 0.419 e. The van der Waals surface area contributed by atoms with E-state index in [4.69, 9.17) is 16.0 Å². The molecule has 0 aliphatic carbocycles. The van der Waals surface area contributed by atoms with Gasteiger partial charge in [-0.1, -0.05) is 30.7 Å². The van der Waals surface area contributed by atoms with E-state index in [2.05, 4.69) is 15.5 Å². The number of rotatable bonds is 9. The van der Waals surface area contributed by atoms with Crippen LogP contribution < -0.4 is 5.32 Å². The Labute approximate surface area is 177 Å². The lowest BCUT2D eigenvalue weighted by atomic mass is 10.2. The molecule has 0 atom stereocenters. The molecule has 0 aliphatic heterocycles. The van der Waals surface area contributed by atoms with Gasteiger partial charge >= 0.3 is 0 Å². The van der Waals surface area contributed by atoms with Gasteiger partial charge in [0.05, 0.1) is 17.1 Å². The number of hydrogen-bond acceptors (Lipinski definition) is 6. The maximum atomic E-state index is 12.6. The van der Waals surface area contributed by atoms with Gasteiger partial charge in [0.25, 0.3) is 5.91 Å². The number of thiophene rings is 1. The van der Waals surface area contributed by atoms with Gasteiger partial charge in [0.15, 0.2) is 0 Å². The van der Waals surface area contributed by atoms with Crippen molar-refractivity contribution in [2.45, 2.75) is 26.3 Å². The molecule has 0 aliphatic rings. The molecule has 7 nitrogen and oxygen atoms in total. The summed E-state index contributed by atoms with van der Waals surface area (Å²) in [5.41, 5.74) is 1.25. The molecule has 0 spiro atoms. The Kier molecular flexibility index (Phi) is 7.37. The first kappa shape index (κ1) is 21.0. The van der Waals surface area contributed by atoms with E-state index in [0.717, 1.165) is 6.42 Å². The van der Waals surface area contributed by atoms with Crippen molar-refractivity contribution in [1.82, 2.24) is 20.4 Å². The van der Waals surface area contributed by atoms with Crippen LogP contribution in [-0.2, 0) is 11.3 Å². The summed E-state index contributed by atoms with van der Waals surface area (Å²) in [5, 5.41) is 15.0. The van der Waals surface area contributed by atoms with E-state index in [1.807, 2.05) is 24.4 Å². The van der Waals surface area contributed by atoms with Crippen molar-refractivity contribution in [3.05, 3.63) is 57.6 Å². The number of hydrogen-bond donors (Lipinski definition) is 1. The average molecular weight is 433 g/mol. The van der Waals surface area contributed by atoms with Crippen molar-refractivity contribution in [2.75, 3.05) is 13.1 Å². The number of nitrogens with zero attached hydrogens (tertiary/aromatic N) is 3. The Balaban J connectivity index is 1.57. The maximum absolute atomic E-state index is 12.6. The number of amides is 2. The lowest BCUT2D eigenvalue weighted by molar-refractivity contribution is -0.132. The van der Waals surface area contributed by atoms with Crippen LogP contribution >= 0.6 is 22.9 Å². The molecule has 3 aromatic rings. The minimum atomic E-state index is -0.178. The lowest BCUT2D eigenvalue weighted by Crippen LogP contribution is -2.34. The van der Waals surface area contributed by atoms with Crippen LogP contribution in [0.1, 0.15) is 36.0 Å². The van der Waals surface area contributed by atoms with Gasteiger partial charge in [0.1, 0.15) is 0 Å². The second-order valence-electron chi connectivity index (χ2n) is 6.31. The maximum Gasteiger partial charge on any atom is 0.252 e. The summed E-state index contributed by atoms with van der Waals surface area (Å²) >= 11 is 7.62. The van der Waals surface area contributed by atoms with Gasteiger partial charge in [-0.05, 0) is 30.0 Å². The quantitative estimate of drug-likeness (QED) is 0.551. The minimum absolute atomic E-state index is 0.0880. The Morgan fingerprint density at radius 1 is 1.24 bits per heavy atom. The molecule has 0 saturated heterocycles. The third kappa shape index (κ3) is 5.65. The second-order valence-corrected chi connectivity index (χ2v) is 7.50. The van der Waals surface area contributed by atoms with E-state index in [0.29, 0.717) is 34.5 Å². The van der Waals surface area contributed by atoms with Gasteiger partial charge in [-0.15, -0.1) is 10.2 Å².